The number of piperazine rings is 1. The lowest BCUT2D eigenvalue weighted by Crippen LogP contribution is -2.49. The molecule has 0 amide bonds. The summed E-state index contributed by atoms with van der Waals surface area (Å²) in [7, 11) is 0. The van der Waals surface area contributed by atoms with E-state index in [1.807, 2.05) is 6.92 Å². The van der Waals surface area contributed by atoms with Crippen LogP contribution in [0.25, 0.3) is 5.57 Å². The van der Waals surface area contributed by atoms with Crippen LogP contribution in [-0.2, 0) is 20.4 Å². The Morgan fingerprint density at radius 1 is 1.06 bits per heavy atom. The molecule has 2 fully saturated rings. The molecular weight excluding hydrogens is 446 g/mol. The first-order valence-corrected chi connectivity index (χ1v) is 13.9. The van der Waals surface area contributed by atoms with Gasteiger partial charge in [-0.2, -0.15) is 0 Å². The van der Waals surface area contributed by atoms with Crippen LogP contribution in [-0.4, -0.2) is 60.9 Å². The molecule has 2 aliphatic carbocycles. The fraction of sp³-hybridized carbons (Fsp3) is 0.613. The number of carbonyl (C=O) groups excluding carboxylic acids is 1. The summed E-state index contributed by atoms with van der Waals surface area (Å²) in [6.07, 6.45) is 10.9. The number of carbonyl (C=O) groups is 1. The molecule has 5 heteroatoms. The summed E-state index contributed by atoms with van der Waals surface area (Å²) in [6, 6.07) is 7.08. The summed E-state index contributed by atoms with van der Waals surface area (Å²) < 4.78 is 5.19. The van der Waals surface area contributed by atoms with Gasteiger partial charge >= 0.3 is 5.97 Å². The predicted molar refractivity (Wildman–Crippen MR) is 147 cm³/mol. The molecule has 1 saturated heterocycles. The van der Waals surface area contributed by atoms with Crippen molar-refractivity contribution in [3.63, 3.8) is 0 Å². The molecule has 0 N–H and O–H groups in total. The van der Waals surface area contributed by atoms with Crippen LogP contribution < -0.4 is 0 Å². The molecule has 1 aromatic carbocycles. The van der Waals surface area contributed by atoms with Gasteiger partial charge in [0.05, 0.1) is 12.5 Å². The summed E-state index contributed by atoms with van der Waals surface area (Å²) >= 11 is 0. The van der Waals surface area contributed by atoms with Gasteiger partial charge in [-0.3, -0.25) is 9.69 Å². The Morgan fingerprint density at radius 2 is 1.78 bits per heavy atom. The Hall–Kier alpha value is -2.40. The van der Waals surface area contributed by atoms with Crippen LogP contribution in [0.4, 0.5) is 0 Å². The lowest BCUT2D eigenvalue weighted by atomic mass is 9.63. The summed E-state index contributed by atoms with van der Waals surface area (Å²) in [5.74, 6) is 1.76. The van der Waals surface area contributed by atoms with Gasteiger partial charge in [-0.1, -0.05) is 58.0 Å². The number of allylic oxidation sites excluding steroid dienone is 2. The molecule has 36 heavy (non-hydrogen) atoms. The summed E-state index contributed by atoms with van der Waals surface area (Å²) in [5, 5.41) is 0. The standard InChI is InChI=1S/C31H43N3O2/c1-6-36-29(35)25-18-24(25)21-33-14-16-34(17-15-33)28-9-7-8-23(20-32-28)22-10-11-26-27(19-22)31(4,5)13-12-30(26,2)3/h7-8,10-11,19-20,24-25H,6,9,12-18,21H2,1-5H3. The molecule has 5 rings (SSSR count). The molecule has 1 aromatic rings. The number of amidine groups is 1. The van der Waals surface area contributed by atoms with Gasteiger partial charge < -0.3 is 9.64 Å². The van der Waals surface area contributed by atoms with Gasteiger partial charge in [-0.05, 0) is 65.2 Å². The van der Waals surface area contributed by atoms with Crippen LogP contribution in [0.3, 0.4) is 0 Å². The molecule has 2 aliphatic heterocycles. The van der Waals surface area contributed by atoms with Crippen LogP contribution in [0.15, 0.2) is 41.5 Å². The number of esters is 1. The van der Waals surface area contributed by atoms with Crippen molar-refractivity contribution in [1.82, 2.24) is 9.80 Å². The maximum absolute atomic E-state index is 11.9. The smallest absolute Gasteiger partial charge is 0.309 e. The molecule has 5 nitrogen and oxygen atoms in total. The van der Waals surface area contributed by atoms with Crippen LogP contribution >= 0.6 is 0 Å². The zero-order valence-electron chi connectivity index (χ0n) is 22.8. The number of hydrogen-bond donors (Lipinski definition) is 0. The molecule has 2 heterocycles. The van der Waals surface area contributed by atoms with Crippen molar-refractivity contribution >= 4 is 17.4 Å². The number of ether oxygens (including phenoxy) is 1. The van der Waals surface area contributed by atoms with E-state index in [1.165, 1.54) is 35.1 Å². The lowest BCUT2D eigenvalue weighted by molar-refractivity contribution is -0.145. The van der Waals surface area contributed by atoms with Gasteiger partial charge in [0, 0.05) is 45.3 Å². The highest BCUT2D eigenvalue weighted by molar-refractivity contribution is 5.88. The molecule has 2 unspecified atom stereocenters. The third-order valence-electron chi connectivity index (χ3n) is 8.88. The summed E-state index contributed by atoms with van der Waals surface area (Å²) in [4.78, 5) is 21.8. The van der Waals surface area contributed by atoms with E-state index in [-0.39, 0.29) is 22.7 Å². The zero-order valence-corrected chi connectivity index (χ0v) is 22.8. The molecule has 1 saturated carbocycles. The molecule has 0 bridgehead atoms. The molecule has 0 radical (unpaired) electrons. The van der Waals surface area contributed by atoms with Gasteiger partial charge in [0.2, 0.25) is 0 Å². The third kappa shape index (κ3) is 5.18. The van der Waals surface area contributed by atoms with E-state index in [4.69, 9.17) is 9.73 Å². The predicted octanol–water partition coefficient (Wildman–Crippen LogP) is 5.55. The Labute approximate surface area is 217 Å². The average Bonchev–Trinajstić information content (AvgIpc) is 3.66. The maximum atomic E-state index is 11.9. The van der Waals surface area contributed by atoms with E-state index in [0.717, 1.165) is 51.4 Å². The van der Waals surface area contributed by atoms with Crippen molar-refractivity contribution in [2.24, 2.45) is 16.8 Å². The molecular formula is C31H43N3O2. The van der Waals surface area contributed by atoms with Gasteiger partial charge in [0.15, 0.2) is 0 Å². The maximum Gasteiger partial charge on any atom is 0.309 e. The van der Waals surface area contributed by atoms with E-state index in [2.05, 4.69) is 74.0 Å². The number of hydrogen-bond acceptors (Lipinski definition) is 5. The number of rotatable bonds is 5. The van der Waals surface area contributed by atoms with Crippen molar-refractivity contribution in [2.75, 3.05) is 39.3 Å². The second-order valence-electron chi connectivity index (χ2n) is 12.4. The molecule has 2 atom stereocenters. The van der Waals surface area contributed by atoms with Gasteiger partial charge in [0.1, 0.15) is 5.84 Å². The highest BCUT2D eigenvalue weighted by Crippen LogP contribution is 2.46. The summed E-state index contributed by atoms with van der Waals surface area (Å²) in [6.45, 7) is 17.0. The Morgan fingerprint density at radius 3 is 2.50 bits per heavy atom. The van der Waals surface area contributed by atoms with Crippen molar-refractivity contribution in [3.05, 3.63) is 53.2 Å². The second-order valence-corrected chi connectivity index (χ2v) is 12.4. The summed E-state index contributed by atoms with van der Waals surface area (Å²) in [5.41, 5.74) is 5.92. The fourth-order valence-corrected chi connectivity index (χ4v) is 6.19. The van der Waals surface area contributed by atoms with E-state index >= 15 is 0 Å². The zero-order chi connectivity index (χ0) is 25.5. The van der Waals surface area contributed by atoms with E-state index < -0.39 is 0 Å². The average molecular weight is 490 g/mol. The third-order valence-corrected chi connectivity index (χ3v) is 8.88. The topological polar surface area (TPSA) is 45.1 Å². The first kappa shape index (κ1) is 25.3. The fourth-order valence-electron chi connectivity index (χ4n) is 6.19. The van der Waals surface area contributed by atoms with Crippen molar-refractivity contribution in [2.45, 2.75) is 71.1 Å². The Kier molecular flexibility index (Phi) is 6.88. The van der Waals surface area contributed by atoms with E-state index in [0.29, 0.717) is 12.5 Å². The first-order chi connectivity index (χ1) is 17.2. The molecule has 194 valence electrons. The largest absolute Gasteiger partial charge is 0.466 e. The second kappa shape index (κ2) is 9.81. The van der Waals surface area contributed by atoms with Crippen LogP contribution in [0, 0.1) is 11.8 Å². The number of nitrogens with zero attached hydrogens (tertiary/aromatic N) is 3. The van der Waals surface area contributed by atoms with Gasteiger partial charge in [-0.15, -0.1) is 0 Å². The highest BCUT2D eigenvalue weighted by Gasteiger charge is 2.45. The van der Waals surface area contributed by atoms with E-state index in [1.54, 1.807) is 0 Å². The molecule has 0 aromatic heterocycles. The van der Waals surface area contributed by atoms with E-state index in [9.17, 15) is 4.79 Å². The highest BCUT2D eigenvalue weighted by atomic mass is 16.5. The normalized spacial score (nSPS) is 27.0. The van der Waals surface area contributed by atoms with Crippen molar-refractivity contribution in [1.29, 1.82) is 0 Å². The van der Waals surface area contributed by atoms with Crippen molar-refractivity contribution in [3.8, 4) is 0 Å². The van der Waals surface area contributed by atoms with Crippen molar-refractivity contribution < 1.29 is 9.53 Å². The van der Waals surface area contributed by atoms with Crippen LogP contribution in [0.2, 0.25) is 0 Å². The quantitative estimate of drug-likeness (QED) is 0.509. The van der Waals surface area contributed by atoms with Crippen LogP contribution in [0.5, 0.6) is 0 Å². The Balaban J connectivity index is 1.22. The minimum atomic E-state index is -0.00507. The number of benzene rings is 1. The number of fused-ring (bicyclic) bond motifs is 1. The van der Waals surface area contributed by atoms with Gasteiger partial charge in [0.25, 0.3) is 0 Å². The van der Waals surface area contributed by atoms with Crippen LogP contribution in [0.1, 0.15) is 77.0 Å². The minimum absolute atomic E-state index is 0.00507. The SMILES string of the molecule is CCOC(=O)C1CC1CN1CCN(C2=NC=C(c3ccc4c(c3)C(C)(C)CCC4(C)C)C=CC2)CC1. The Bertz CT molecular complexity index is 1090. The monoisotopic (exact) mass is 489 g/mol. The van der Waals surface area contributed by atoms with Gasteiger partial charge in [-0.25, -0.2) is 4.99 Å². The molecule has 4 aliphatic rings. The molecule has 0 spiro atoms. The number of aliphatic imine (C=N–C) groups is 1. The minimum Gasteiger partial charge on any atom is -0.466 e. The lowest BCUT2D eigenvalue weighted by Gasteiger charge is -2.42. The first-order valence-electron chi connectivity index (χ1n) is 13.9.